The van der Waals surface area contributed by atoms with E-state index in [0.29, 0.717) is 26.0 Å². The van der Waals surface area contributed by atoms with Gasteiger partial charge in [0.2, 0.25) is 5.91 Å². The number of nitrogens with one attached hydrogen (secondary N) is 1. The summed E-state index contributed by atoms with van der Waals surface area (Å²) in [6.45, 7) is 0.822. The highest BCUT2D eigenvalue weighted by Crippen LogP contribution is 2.30. The summed E-state index contributed by atoms with van der Waals surface area (Å²) in [6.07, 6.45) is 5.16. The summed E-state index contributed by atoms with van der Waals surface area (Å²) in [5.41, 5.74) is 4.36. The zero-order valence-electron chi connectivity index (χ0n) is 12.5. The molecule has 2 aliphatic rings. The second kappa shape index (κ2) is 6.60. The zero-order chi connectivity index (χ0) is 15.5. The molecule has 1 atom stereocenters. The van der Waals surface area contributed by atoms with Gasteiger partial charge in [0.25, 0.3) is 10.2 Å². The molecule has 1 heterocycles. The van der Waals surface area contributed by atoms with E-state index < -0.39 is 21.7 Å². The Bertz CT molecular complexity index is 474. The summed E-state index contributed by atoms with van der Waals surface area (Å²) in [6, 6.07) is -0.166. The number of rotatable bonds is 6. The molecule has 1 aliphatic heterocycles. The maximum absolute atomic E-state index is 12.6. The van der Waals surface area contributed by atoms with Gasteiger partial charge in [0, 0.05) is 19.7 Å². The topological polar surface area (TPSA) is 102 Å². The van der Waals surface area contributed by atoms with E-state index in [1.54, 1.807) is 7.11 Å². The van der Waals surface area contributed by atoms with Crippen LogP contribution < -0.4 is 10.5 Å². The van der Waals surface area contributed by atoms with E-state index in [1.807, 2.05) is 0 Å². The van der Waals surface area contributed by atoms with Gasteiger partial charge in [-0.05, 0) is 25.7 Å². The smallest absolute Gasteiger partial charge is 0.280 e. The number of primary amides is 1. The molecule has 2 fully saturated rings. The summed E-state index contributed by atoms with van der Waals surface area (Å²) >= 11 is 0. The molecule has 2 rings (SSSR count). The van der Waals surface area contributed by atoms with Crippen molar-refractivity contribution in [1.29, 1.82) is 0 Å². The Morgan fingerprint density at radius 3 is 2.57 bits per heavy atom. The third-order valence-electron chi connectivity index (χ3n) is 4.49. The molecule has 1 amide bonds. The van der Waals surface area contributed by atoms with Crippen molar-refractivity contribution in [3.05, 3.63) is 0 Å². The maximum Gasteiger partial charge on any atom is 0.280 e. The first-order chi connectivity index (χ1) is 9.91. The van der Waals surface area contributed by atoms with E-state index in [2.05, 4.69) is 4.72 Å². The summed E-state index contributed by atoms with van der Waals surface area (Å²) in [7, 11) is -2.17. The van der Waals surface area contributed by atoms with Gasteiger partial charge in [-0.1, -0.05) is 19.3 Å². The molecule has 0 aromatic rings. The van der Waals surface area contributed by atoms with Gasteiger partial charge < -0.3 is 10.5 Å². The Balaban J connectivity index is 2.16. The molecule has 1 unspecified atom stereocenters. The van der Waals surface area contributed by atoms with Crippen LogP contribution in [0.2, 0.25) is 0 Å². The van der Waals surface area contributed by atoms with E-state index in [1.165, 1.54) is 4.31 Å². The van der Waals surface area contributed by atoms with E-state index >= 15 is 0 Å². The van der Waals surface area contributed by atoms with Crippen molar-refractivity contribution in [3.8, 4) is 0 Å². The van der Waals surface area contributed by atoms with Gasteiger partial charge in [0.05, 0.1) is 6.61 Å². The molecule has 3 N–H and O–H groups in total. The first-order valence-electron chi connectivity index (χ1n) is 7.51. The van der Waals surface area contributed by atoms with Crippen LogP contribution in [0.5, 0.6) is 0 Å². The number of nitrogens with two attached hydrogens (primary N) is 1. The fourth-order valence-corrected chi connectivity index (χ4v) is 5.19. The van der Waals surface area contributed by atoms with Crippen molar-refractivity contribution in [2.75, 3.05) is 20.3 Å². The molecule has 1 saturated carbocycles. The normalized spacial score (nSPS) is 26.8. The summed E-state index contributed by atoms with van der Waals surface area (Å²) in [5.74, 6) is -0.576. The number of methoxy groups -OCH3 is 1. The Hall–Kier alpha value is -0.700. The van der Waals surface area contributed by atoms with E-state index in [-0.39, 0.29) is 6.04 Å². The molecule has 0 spiro atoms. The average molecular weight is 319 g/mol. The molecule has 0 radical (unpaired) electrons. The molecule has 0 aromatic carbocycles. The monoisotopic (exact) mass is 319 g/mol. The van der Waals surface area contributed by atoms with Crippen LogP contribution >= 0.6 is 0 Å². The number of amides is 1. The maximum atomic E-state index is 12.6. The Morgan fingerprint density at radius 1 is 1.33 bits per heavy atom. The van der Waals surface area contributed by atoms with Gasteiger partial charge in [-0.2, -0.15) is 17.4 Å². The van der Waals surface area contributed by atoms with Crippen LogP contribution in [-0.2, 0) is 19.7 Å². The number of ether oxygens (including phenoxy) is 1. The van der Waals surface area contributed by atoms with Crippen molar-refractivity contribution in [3.63, 3.8) is 0 Å². The highest BCUT2D eigenvalue weighted by atomic mass is 32.2. The first kappa shape index (κ1) is 16.7. The number of hydrogen-bond donors (Lipinski definition) is 2. The summed E-state index contributed by atoms with van der Waals surface area (Å²) < 4.78 is 34.4. The minimum Gasteiger partial charge on any atom is -0.383 e. The lowest BCUT2D eigenvalue weighted by atomic mass is 9.82. The van der Waals surface area contributed by atoms with Crippen LogP contribution in [0, 0.1) is 0 Å². The molecule has 7 nitrogen and oxygen atoms in total. The van der Waals surface area contributed by atoms with E-state index in [0.717, 1.165) is 32.1 Å². The predicted octanol–water partition coefficient (Wildman–Crippen LogP) is 0.120. The summed E-state index contributed by atoms with van der Waals surface area (Å²) in [4.78, 5) is 11.8. The van der Waals surface area contributed by atoms with Crippen molar-refractivity contribution < 1.29 is 17.9 Å². The second-order valence-corrected chi connectivity index (χ2v) is 7.60. The Labute approximate surface area is 126 Å². The largest absolute Gasteiger partial charge is 0.383 e. The zero-order valence-corrected chi connectivity index (χ0v) is 13.3. The molecule has 8 heteroatoms. The molecule has 122 valence electrons. The van der Waals surface area contributed by atoms with E-state index in [4.69, 9.17) is 10.5 Å². The minimum atomic E-state index is -3.73. The lowest BCUT2D eigenvalue weighted by molar-refractivity contribution is -0.124. The number of hydrogen-bond acceptors (Lipinski definition) is 4. The van der Waals surface area contributed by atoms with Crippen LogP contribution in [0.15, 0.2) is 0 Å². The van der Waals surface area contributed by atoms with Crippen molar-refractivity contribution >= 4 is 16.1 Å². The highest BCUT2D eigenvalue weighted by molar-refractivity contribution is 7.87. The van der Waals surface area contributed by atoms with Crippen LogP contribution in [0.25, 0.3) is 0 Å². The predicted molar refractivity (Wildman–Crippen MR) is 78.7 cm³/mol. The molecule has 0 bridgehead atoms. The molecule has 21 heavy (non-hydrogen) atoms. The molecular weight excluding hydrogens is 294 g/mol. The fourth-order valence-electron chi connectivity index (χ4n) is 3.34. The number of nitrogens with zero attached hydrogens (tertiary/aromatic N) is 1. The minimum absolute atomic E-state index is 0.166. The van der Waals surface area contributed by atoms with Crippen LogP contribution in [0.4, 0.5) is 0 Å². The third-order valence-corrected chi connectivity index (χ3v) is 6.24. The van der Waals surface area contributed by atoms with Crippen molar-refractivity contribution in [2.24, 2.45) is 5.73 Å². The lowest BCUT2D eigenvalue weighted by Gasteiger charge is -2.36. The van der Waals surface area contributed by atoms with Gasteiger partial charge in [-0.15, -0.1) is 0 Å². The molecule has 1 aliphatic carbocycles. The molecular formula is C13H25N3O4S. The quantitative estimate of drug-likeness (QED) is 0.726. The lowest BCUT2D eigenvalue weighted by Crippen LogP contribution is -2.61. The SMILES string of the molecule is COCC1CCCN1S(=O)(=O)NC1(C(N)=O)CCCCC1. The van der Waals surface area contributed by atoms with Gasteiger partial charge in [-0.3, -0.25) is 4.79 Å². The van der Waals surface area contributed by atoms with Gasteiger partial charge in [0.1, 0.15) is 5.54 Å². The van der Waals surface area contributed by atoms with Crippen molar-refractivity contribution in [2.45, 2.75) is 56.5 Å². The van der Waals surface area contributed by atoms with E-state index in [9.17, 15) is 13.2 Å². The standard InChI is InChI=1S/C13H25N3O4S/c1-20-10-11-6-5-9-16(11)21(18,19)15-13(12(14)17)7-3-2-4-8-13/h11,15H,2-10H2,1H3,(H2,14,17). The van der Waals surface area contributed by atoms with Gasteiger partial charge >= 0.3 is 0 Å². The van der Waals surface area contributed by atoms with Gasteiger partial charge in [0.15, 0.2) is 0 Å². The Morgan fingerprint density at radius 2 is 2.00 bits per heavy atom. The van der Waals surface area contributed by atoms with Crippen molar-refractivity contribution in [1.82, 2.24) is 9.03 Å². The summed E-state index contributed by atoms with van der Waals surface area (Å²) in [5, 5.41) is 0. The highest BCUT2D eigenvalue weighted by Gasteiger charge is 2.44. The first-order valence-corrected chi connectivity index (χ1v) is 8.95. The fraction of sp³-hybridized carbons (Fsp3) is 0.923. The average Bonchev–Trinajstić information content (AvgIpc) is 2.89. The van der Waals surface area contributed by atoms with Crippen LogP contribution in [-0.4, -0.2) is 50.5 Å². The van der Waals surface area contributed by atoms with Crippen LogP contribution in [0.1, 0.15) is 44.9 Å². The van der Waals surface area contributed by atoms with Gasteiger partial charge in [-0.25, -0.2) is 0 Å². The second-order valence-electron chi connectivity index (χ2n) is 5.98. The number of carbonyl (C=O) groups is 1. The Kier molecular flexibility index (Phi) is 5.24. The number of carbonyl (C=O) groups excluding carboxylic acids is 1. The molecule has 1 saturated heterocycles. The molecule has 0 aromatic heterocycles. The van der Waals surface area contributed by atoms with Crippen LogP contribution in [0.3, 0.4) is 0 Å². The third kappa shape index (κ3) is 3.56.